The molecule has 0 amide bonds. The Bertz CT molecular complexity index is 643. The number of nitrogens with two attached hydrogens (primary N) is 3. The van der Waals surface area contributed by atoms with E-state index < -0.39 is 5.97 Å². The fourth-order valence-electron chi connectivity index (χ4n) is 2.54. The van der Waals surface area contributed by atoms with Crippen molar-refractivity contribution >= 4 is 29.3 Å². The van der Waals surface area contributed by atoms with Gasteiger partial charge in [-0.1, -0.05) is 6.92 Å². The van der Waals surface area contributed by atoms with Gasteiger partial charge in [0.15, 0.2) is 5.96 Å². The van der Waals surface area contributed by atoms with Gasteiger partial charge in [0.1, 0.15) is 0 Å². The summed E-state index contributed by atoms with van der Waals surface area (Å²) < 4.78 is 0. The van der Waals surface area contributed by atoms with Crippen molar-refractivity contribution in [3.05, 3.63) is 23.8 Å². The van der Waals surface area contributed by atoms with Crippen molar-refractivity contribution in [3.63, 3.8) is 0 Å². The maximum absolute atomic E-state index is 11.2. The molecule has 0 atom stereocenters. The quantitative estimate of drug-likeness (QED) is 0.480. The third-order valence-corrected chi connectivity index (χ3v) is 3.83. The van der Waals surface area contributed by atoms with Crippen LogP contribution in [0.4, 0.5) is 11.4 Å². The van der Waals surface area contributed by atoms with E-state index in [0.29, 0.717) is 11.6 Å². The fourth-order valence-corrected chi connectivity index (χ4v) is 2.54. The molecule has 2 rings (SSSR count). The number of guanidine groups is 2. The molecule has 1 heterocycles. The summed E-state index contributed by atoms with van der Waals surface area (Å²) in [4.78, 5) is 21.2. The molecule has 23 heavy (non-hydrogen) atoms. The van der Waals surface area contributed by atoms with E-state index in [4.69, 9.17) is 22.3 Å². The van der Waals surface area contributed by atoms with Crippen LogP contribution in [0.2, 0.25) is 0 Å². The monoisotopic (exact) mass is 318 g/mol. The highest BCUT2D eigenvalue weighted by molar-refractivity contribution is 5.95. The molecule has 0 spiro atoms. The largest absolute Gasteiger partial charge is 0.478 e. The summed E-state index contributed by atoms with van der Waals surface area (Å²) in [5.41, 5.74) is 17.7. The van der Waals surface area contributed by atoms with Crippen LogP contribution in [0.5, 0.6) is 0 Å². The van der Waals surface area contributed by atoms with Gasteiger partial charge in [-0.15, -0.1) is 0 Å². The van der Waals surface area contributed by atoms with Gasteiger partial charge in [-0.05, 0) is 37.0 Å². The highest BCUT2D eigenvalue weighted by atomic mass is 16.4. The number of rotatable bonds is 3. The van der Waals surface area contributed by atoms with Crippen LogP contribution in [-0.4, -0.2) is 36.1 Å². The molecule has 1 fully saturated rings. The lowest BCUT2D eigenvalue weighted by Crippen LogP contribution is -2.33. The molecule has 0 unspecified atom stereocenters. The summed E-state index contributed by atoms with van der Waals surface area (Å²) in [6, 6.07) is 4.79. The third-order valence-electron chi connectivity index (χ3n) is 3.83. The van der Waals surface area contributed by atoms with Crippen molar-refractivity contribution in [2.75, 3.05) is 18.0 Å². The summed E-state index contributed by atoms with van der Waals surface area (Å²) in [7, 11) is 0. The van der Waals surface area contributed by atoms with Gasteiger partial charge in [0.25, 0.3) is 0 Å². The molecule has 1 aliphatic rings. The Morgan fingerprint density at radius 2 is 1.91 bits per heavy atom. The molecular formula is C15H22N6O2. The molecule has 7 N–H and O–H groups in total. The number of aromatic carboxylic acids is 1. The highest BCUT2D eigenvalue weighted by Crippen LogP contribution is 2.33. The van der Waals surface area contributed by atoms with Crippen molar-refractivity contribution in [2.45, 2.75) is 19.8 Å². The first-order valence-corrected chi connectivity index (χ1v) is 7.43. The van der Waals surface area contributed by atoms with Gasteiger partial charge in [-0.3, -0.25) is 0 Å². The van der Waals surface area contributed by atoms with E-state index in [1.54, 1.807) is 12.1 Å². The molecule has 0 saturated carbocycles. The Hall–Kier alpha value is -2.77. The van der Waals surface area contributed by atoms with E-state index in [0.717, 1.165) is 31.6 Å². The Morgan fingerprint density at radius 1 is 1.26 bits per heavy atom. The molecule has 0 radical (unpaired) electrons. The van der Waals surface area contributed by atoms with Crippen LogP contribution in [0.3, 0.4) is 0 Å². The van der Waals surface area contributed by atoms with Gasteiger partial charge in [-0.25, -0.2) is 9.79 Å². The van der Waals surface area contributed by atoms with Gasteiger partial charge in [0, 0.05) is 13.1 Å². The normalized spacial score (nSPS) is 16.2. The van der Waals surface area contributed by atoms with Crippen LogP contribution >= 0.6 is 0 Å². The summed E-state index contributed by atoms with van der Waals surface area (Å²) in [6.45, 7) is 4.00. The number of benzene rings is 1. The number of piperidine rings is 1. The van der Waals surface area contributed by atoms with Gasteiger partial charge in [-0.2, -0.15) is 4.99 Å². The van der Waals surface area contributed by atoms with Gasteiger partial charge >= 0.3 is 5.97 Å². The molecule has 1 aromatic carbocycles. The predicted molar refractivity (Wildman–Crippen MR) is 91.1 cm³/mol. The van der Waals surface area contributed by atoms with Crippen molar-refractivity contribution in [2.24, 2.45) is 33.1 Å². The number of hydrogen-bond donors (Lipinski definition) is 4. The number of aliphatic imine (C=N–C) groups is 2. The van der Waals surface area contributed by atoms with E-state index in [2.05, 4.69) is 21.8 Å². The first kappa shape index (κ1) is 16.6. The molecule has 0 bridgehead atoms. The second-order valence-electron chi connectivity index (χ2n) is 5.68. The first-order valence-electron chi connectivity index (χ1n) is 7.43. The SMILES string of the molecule is CC1CCN(c2ccc(C(=O)O)cc2N=C(N)N=C(N)N)CC1. The molecule has 8 nitrogen and oxygen atoms in total. The molecule has 8 heteroatoms. The Morgan fingerprint density at radius 3 is 2.48 bits per heavy atom. The molecule has 1 saturated heterocycles. The maximum Gasteiger partial charge on any atom is 0.335 e. The molecule has 124 valence electrons. The number of anilines is 1. The van der Waals surface area contributed by atoms with Crippen LogP contribution in [0.25, 0.3) is 0 Å². The zero-order valence-electron chi connectivity index (χ0n) is 13.1. The zero-order chi connectivity index (χ0) is 17.0. The van der Waals surface area contributed by atoms with Crippen LogP contribution in [0.1, 0.15) is 30.1 Å². The molecule has 0 aromatic heterocycles. The predicted octanol–water partition coefficient (Wildman–Crippen LogP) is 0.841. The highest BCUT2D eigenvalue weighted by Gasteiger charge is 2.19. The number of carboxylic acids is 1. The lowest BCUT2D eigenvalue weighted by molar-refractivity contribution is 0.0697. The summed E-state index contributed by atoms with van der Waals surface area (Å²) in [6.07, 6.45) is 2.15. The topological polar surface area (TPSA) is 143 Å². The Kier molecular flexibility index (Phi) is 5.05. The molecular weight excluding hydrogens is 296 g/mol. The molecule has 1 aliphatic heterocycles. The first-order chi connectivity index (χ1) is 10.9. The number of carbonyl (C=O) groups is 1. The van der Waals surface area contributed by atoms with Crippen molar-refractivity contribution in [3.8, 4) is 0 Å². The lowest BCUT2D eigenvalue weighted by Gasteiger charge is -2.32. The average Bonchev–Trinajstić information content (AvgIpc) is 2.47. The van der Waals surface area contributed by atoms with E-state index in [1.807, 2.05) is 0 Å². The summed E-state index contributed by atoms with van der Waals surface area (Å²) >= 11 is 0. The van der Waals surface area contributed by atoms with E-state index in [-0.39, 0.29) is 17.5 Å². The van der Waals surface area contributed by atoms with Crippen molar-refractivity contribution in [1.29, 1.82) is 0 Å². The summed E-state index contributed by atoms with van der Waals surface area (Å²) in [5.74, 6) is -0.656. The number of carboxylic acid groups (broad SMARTS) is 1. The van der Waals surface area contributed by atoms with E-state index in [1.165, 1.54) is 6.07 Å². The number of hydrogen-bond acceptors (Lipinski definition) is 3. The molecule has 1 aromatic rings. The van der Waals surface area contributed by atoms with Gasteiger partial charge in [0.05, 0.1) is 16.9 Å². The van der Waals surface area contributed by atoms with Crippen molar-refractivity contribution < 1.29 is 9.90 Å². The molecule has 0 aliphatic carbocycles. The average molecular weight is 318 g/mol. The summed E-state index contributed by atoms with van der Waals surface area (Å²) in [5, 5.41) is 9.16. The fraction of sp³-hybridized carbons (Fsp3) is 0.400. The Balaban J connectivity index is 2.41. The minimum atomic E-state index is -1.03. The van der Waals surface area contributed by atoms with Crippen LogP contribution in [-0.2, 0) is 0 Å². The zero-order valence-corrected chi connectivity index (χ0v) is 13.1. The Labute approximate surface area is 134 Å². The minimum Gasteiger partial charge on any atom is -0.478 e. The van der Waals surface area contributed by atoms with E-state index in [9.17, 15) is 4.79 Å². The standard InChI is InChI=1S/C15H22N6O2/c1-9-4-6-21(7-5-9)12-3-2-10(13(22)23)8-11(12)19-15(18)20-14(16)17/h2-3,8-9H,4-7H2,1H3,(H,22,23)(H6,16,17,18,19,20). The third kappa shape index (κ3) is 4.35. The van der Waals surface area contributed by atoms with Crippen LogP contribution in [0.15, 0.2) is 28.2 Å². The second-order valence-corrected chi connectivity index (χ2v) is 5.68. The second kappa shape index (κ2) is 6.99. The van der Waals surface area contributed by atoms with Crippen molar-refractivity contribution in [1.82, 2.24) is 0 Å². The number of nitrogens with zero attached hydrogens (tertiary/aromatic N) is 3. The van der Waals surface area contributed by atoms with Crippen LogP contribution < -0.4 is 22.1 Å². The minimum absolute atomic E-state index is 0.112. The van der Waals surface area contributed by atoms with Gasteiger partial charge in [0.2, 0.25) is 5.96 Å². The maximum atomic E-state index is 11.2. The lowest BCUT2D eigenvalue weighted by atomic mass is 9.98. The smallest absolute Gasteiger partial charge is 0.335 e. The van der Waals surface area contributed by atoms with Crippen LogP contribution in [0, 0.1) is 5.92 Å². The van der Waals surface area contributed by atoms with Gasteiger partial charge < -0.3 is 27.2 Å². The van der Waals surface area contributed by atoms with E-state index >= 15 is 0 Å².